The van der Waals surface area contributed by atoms with Crippen molar-refractivity contribution in [3.63, 3.8) is 0 Å². The molecule has 3 N–H and O–H groups in total. The Morgan fingerprint density at radius 1 is 1.56 bits per heavy atom. The van der Waals surface area contributed by atoms with Gasteiger partial charge in [0.05, 0.1) is 12.0 Å². The van der Waals surface area contributed by atoms with Crippen LogP contribution in [0.4, 0.5) is 5.82 Å². The average Bonchev–Trinajstić information content (AvgIpc) is 3.05. The van der Waals surface area contributed by atoms with Crippen LogP contribution in [0.15, 0.2) is 6.07 Å². The highest BCUT2D eigenvalue weighted by Gasteiger charge is 2.22. The molecule has 0 spiro atoms. The van der Waals surface area contributed by atoms with Gasteiger partial charge in [0.25, 0.3) is 0 Å². The van der Waals surface area contributed by atoms with Crippen molar-refractivity contribution < 1.29 is 4.74 Å². The highest BCUT2D eigenvalue weighted by atomic mass is 32.1. The summed E-state index contributed by atoms with van der Waals surface area (Å²) in [6.07, 6.45) is 1.99. The van der Waals surface area contributed by atoms with Crippen LogP contribution in [0.5, 0.6) is 0 Å². The molecule has 2 aromatic rings. The first-order valence-electron chi connectivity index (χ1n) is 6.16. The molecule has 0 aromatic carbocycles. The lowest BCUT2D eigenvalue weighted by Crippen LogP contribution is -2.12. The van der Waals surface area contributed by atoms with Crippen molar-refractivity contribution >= 4 is 27.4 Å². The lowest BCUT2D eigenvalue weighted by Gasteiger charge is -2.08. The van der Waals surface area contributed by atoms with E-state index in [4.69, 9.17) is 10.6 Å². The summed E-state index contributed by atoms with van der Waals surface area (Å²) in [5.74, 6) is 7.43. The fourth-order valence-electron chi connectivity index (χ4n) is 2.19. The molecular formula is C12H16N4OS. The Labute approximate surface area is 109 Å². The summed E-state index contributed by atoms with van der Waals surface area (Å²) in [6.45, 7) is 3.64. The third kappa shape index (κ3) is 1.96. The summed E-state index contributed by atoms with van der Waals surface area (Å²) in [6, 6.07) is 2.12. The Bertz CT molecular complexity index is 562. The van der Waals surface area contributed by atoms with E-state index in [1.54, 1.807) is 11.3 Å². The van der Waals surface area contributed by atoms with Crippen LogP contribution < -0.4 is 11.3 Å². The van der Waals surface area contributed by atoms with Crippen molar-refractivity contribution in [1.29, 1.82) is 0 Å². The second-order valence-corrected chi connectivity index (χ2v) is 5.54. The largest absolute Gasteiger partial charge is 0.381 e. The molecule has 0 radical (unpaired) electrons. The number of anilines is 1. The zero-order valence-electron chi connectivity index (χ0n) is 10.3. The summed E-state index contributed by atoms with van der Waals surface area (Å²) in [5.41, 5.74) is 2.69. The predicted molar refractivity (Wildman–Crippen MR) is 72.8 cm³/mol. The second-order valence-electron chi connectivity index (χ2n) is 4.42. The summed E-state index contributed by atoms with van der Waals surface area (Å²) >= 11 is 1.71. The van der Waals surface area contributed by atoms with E-state index in [-0.39, 0.29) is 0 Å². The number of aryl methyl sites for hydroxylation is 1. The van der Waals surface area contributed by atoms with Gasteiger partial charge in [-0.25, -0.2) is 15.8 Å². The van der Waals surface area contributed by atoms with Crippen LogP contribution in [0.1, 0.15) is 30.0 Å². The maximum atomic E-state index is 5.57. The number of rotatable bonds is 3. The lowest BCUT2D eigenvalue weighted by molar-refractivity contribution is 0.193. The number of hydrazine groups is 1. The van der Waals surface area contributed by atoms with Gasteiger partial charge in [0.15, 0.2) is 5.82 Å². The molecule has 0 aliphatic carbocycles. The fourth-order valence-corrected chi connectivity index (χ4v) is 3.17. The molecule has 3 heterocycles. The van der Waals surface area contributed by atoms with E-state index in [9.17, 15) is 0 Å². The molecule has 1 aliphatic heterocycles. The minimum Gasteiger partial charge on any atom is -0.381 e. The Morgan fingerprint density at radius 3 is 3.11 bits per heavy atom. The van der Waals surface area contributed by atoms with Gasteiger partial charge in [-0.05, 0) is 18.9 Å². The van der Waals surface area contributed by atoms with E-state index >= 15 is 0 Å². The number of hydrogen-bond acceptors (Lipinski definition) is 6. The van der Waals surface area contributed by atoms with Gasteiger partial charge in [-0.15, -0.1) is 11.3 Å². The summed E-state index contributed by atoms with van der Waals surface area (Å²) in [5, 5.41) is 1.02. The Hall–Kier alpha value is -1.24. The molecule has 1 saturated heterocycles. The Kier molecular flexibility index (Phi) is 3.15. The van der Waals surface area contributed by atoms with E-state index in [0.29, 0.717) is 12.5 Å². The molecule has 6 heteroatoms. The minimum absolute atomic E-state index is 0.300. The fraction of sp³-hybridized carbons (Fsp3) is 0.500. The molecule has 5 nitrogen and oxygen atoms in total. The van der Waals surface area contributed by atoms with Crippen LogP contribution in [-0.4, -0.2) is 23.2 Å². The number of nitrogens with zero attached hydrogens (tertiary/aromatic N) is 2. The molecule has 0 amide bonds. The van der Waals surface area contributed by atoms with Crippen LogP contribution in [-0.2, 0) is 11.2 Å². The molecule has 18 heavy (non-hydrogen) atoms. The van der Waals surface area contributed by atoms with Gasteiger partial charge in [-0.2, -0.15) is 0 Å². The van der Waals surface area contributed by atoms with Crippen molar-refractivity contribution in [1.82, 2.24) is 9.97 Å². The summed E-state index contributed by atoms with van der Waals surface area (Å²) < 4.78 is 5.40. The lowest BCUT2D eigenvalue weighted by atomic mass is 10.1. The van der Waals surface area contributed by atoms with Crippen LogP contribution in [0.2, 0.25) is 0 Å². The van der Waals surface area contributed by atoms with Crippen LogP contribution in [0, 0.1) is 0 Å². The zero-order chi connectivity index (χ0) is 12.5. The molecule has 1 fully saturated rings. The molecule has 1 atom stereocenters. The third-order valence-corrected chi connectivity index (χ3v) is 4.41. The number of nitrogens with two attached hydrogens (primary N) is 1. The number of nitrogens with one attached hydrogen (secondary N) is 1. The molecular weight excluding hydrogens is 248 g/mol. The van der Waals surface area contributed by atoms with Crippen molar-refractivity contribution in [2.45, 2.75) is 25.7 Å². The molecule has 1 unspecified atom stereocenters. The number of aromatic nitrogens is 2. The molecule has 1 aliphatic rings. The number of fused-ring (bicyclic) bond motifs is 1. The summed E-state index contributed by atoms with van der Waals surface area (Å²) in [4.78, 5) is 11.5. The monoisotopic (exact) mass is 264 g/mol. The molecule has 0 saturated carbocycles. The second kappa shape index (κ2) is 4.79. The highest BCUT2D eigenvalue weighted by molar-refractivity contribution is 7.18. The van der Waals surface area contributed by atoms with Crippen LogP contribution in [0.3, 0.4) is 0 Å². The number of thiophene rings is 1. The van der Waals surface area contributed by atoms with Crippen molar-refractivity contribution in [2.75, 3.05) is 18.6 Å². The smallest absolute Gasteiger partial charge is 0.152 e. The maximum absolute atomic E-state index is 5.57. The molecule has 2 aromatic heterocycles. The zero-order valence-corrected chi connectivity index (χ0v) is 11.1. The van der Waals surface area contributed by atoms with Crippen molar-refractivity contribution in [2.24, 2.45) is 5.84 Å². The minimum atomic E-state index is 0.300. The summed E-state index contributed by atoms with van der Waals surface area (Å²) in [7, 11) is 0. The van der Waals surface area contributed by atoms with E-state index in [0.717, 1.165) is 41.3 Å². The molecule has 96 valence electrons. The highest BCUT2D eigenvalue weighted by Crippen LogP contribution is 2.32. The van der Waals surface area contributed by atoms with E-state index in [2.05, 4.69) is 28.4 Å². The predicted octanol–water partition coefficient (Wildman–Crippen LogP) is 2.04. The molecule has 3 rings (SSSR count). The van der Waals surface area contributed by atoms with Gasteiger partial charge >= 0.3 is 0 Å². The number of nitrogen functional groups attached to an aromatic ring is 1. The van der Waals surface area contributed by atoms with Crippen molar-refractivity contribution in [3.05, 3.63) is 16.8 Å². The van der Waals surface area contributed by atoms with Gasteiger partial charge in [-0.1, -0.05) is 6.92 Å². The van der Waals surface area contributed by atoms with Crippen molar-refractivity contribution in [3.8, 4) is 0 Å². The average molecular weight is 264 g/mol. The van der Waals surface area contributed by atoms with Crippen LogP contribution >= 0.6 is 11.3 Å². The number of ether oxygens (including phenoxy) is 1. The van der Waals surface area contributed by atoms with E-state index in [1.165, 1.54) is 4.88 Å². The van der Waals surface area contributed by atoms with Crippen LogP contribution in [0.25, 0.3) is 10.2 Å². The third-order valence-electron chi connectivity index (χ3n) is 3.24. The SMILES string of the molecule is CCc1cc2c(NN)nc(C3CCOC3)nc2s1. The van der Waals surface area contributed by atoms with E-state index < -0.39 is 0 Å². The Balaban J connectivity index is 2.10. The van der Waals surface area contributed by atoms with Gasteiger partial charge in [0.2, 0.25) is 0 Å². The molecule has 0 bridgehead atoms. The first-order chi connectivity index (χ1) is 8.81. The Morgan fingerprint density at radius 2 is 2.44 bits per heavy atom. The van der Waals surface area contributed by atoms with Gasteiger partial charge in [0, 0.05) is 17.4 Å². The standard InChI is InChI=1S/C12H16N4OS/c1-2-8-5-9-11(16-13)14-10(15-12(9)18-8)7-3-4-17-6-7/h5,7H,2-4,6,13H2,1H3,(H,14,15,16). The normalized spacial score (nSPS) is 19.6. The first-order valence-corrected chi connectivity index (χ1v) is 6.98. The van der Waals surface area contributed by atoms with Gasteiger partial charge in [-0.3, -0.25) is 0 Å². The maximum Gasteiger partial charge on any atom is 0.152 e. The number of hydrogen-bond donors (Lipinski definition) is 2. The van der Waals surface area contributed by atoms with Gasteiger partial charge in [0.1, 0.15) is 10.7 Å². The first kappa shape index (κ1) is 11.8. The van der Waals surface area contributed by atoms with Gasteiger partial charge < -0.3 is 10.2 Å². The quantitative estimate of drug-likeness (QED) is 0.655. The van der Waals surface area contributed by atoms with E-state index in [1.807, 2.05) is 0 Å². The topological polar surface area (TPSA) is 73.1 Å².